The molecule has 3 aliphatic rings. The van der Waals surface area contributed by atoms with Crippen molar-refractivity contribution in [2.75, 3.05) is 39.3 Å². The Labute approximate surface area is 202 Å². The number of unbranched alkanes of at least 4 members (excludes halogenated alkanes) is 5. The van der Waals surface area contributed by atoms with Gasteiger partial charge in [0.05, 0.1) is 0 Å². The van der Waals surface area contributed by atoms with Gasteiger partial charge in [-0.2, -0.15) is 0 Å². The molecule has 0 bridgehead atoms. The highest BCUT2D eigenvalue weighted by molar-refractivity contribution is 6.05. The lowest BCUT2D eigenvalue weighted by atomic mass is 10.0. The van der Waals surface area contributed by atoms with Crippen LogP contribution >= 0.6 is 0 Å². The number of amides is 3. The minimum absolute atomic E-state index is 0.0980. The van der Waals surface area contributed by atoms with E-state index in [0.29, 0.717) is 18.5 Å². The first-order valence-electron chi connectivity index (χ1n) is 13.0. The molecule has 2 saturated heterocycles. The zero-order valence-corrected chi connectivity index (χ0v) is 20.3. The van der Waals surface area contributed by atoms with Crippen LogP contribution in [0.5, 0.6) is 0 Å². The SMILES string of the molecule is NCCCCCCCCN1CCN(Cc2ccc3c(c2)C(=O)N(C2CCC(=O)NC2=O)C3)CC1. The Morgan fingerprint density at radius 3 is 2.35 bits per heavy atom. The number of imide groups is 1. The lowest BCUT2D eigenvalue weighted by Crippen LogP contribution is -2.52. The van der Waals surface area contributed by atoms with Crippen molar-refractivity contribution in [1.29, 1.82) is 0 Å². The van der Waals surface area contributed by atoms with E-state index < -0.39 is 6.04 Å². The van der Waals surface area contributed by atoms with Crippen molar-refractivity contribution >= 4 is 17.7 Å². The summed E-state index contributed by atoms with van der Waals surface area (Å²) in [5, 5.41) is 2.36. The average Bonchev–Trinajstić information content (AvgIpc) is 3.15. The van der Waals surface area contributed by atoms with E-state index in [2.05, 4.69) is 21.2 Å². The smallest absolute Gasteiger partial charge is 0.255 e. The number of piperidine rings is 1. The monoisotopic (exact) mass is 469 g/mol. The Morgan fingerprint density at radius 2 is 1.62 bits per heavy atom. The first kappa shape index (κ1) is 24.8. The lowest BCUT2D eigenvalue weighted by Gasteiger charge is -2.34. The van der Waals surface area contributed by atoms with Crippen molar-refractivity contribution in [3.8, 4) is 0 Å². The molecule has 2 fully saturated rings. The molecule has 1 aromatic carbocycles. The molecular weight excluding hydrogens is 430 g/mol. The lowest BCUT2D eigenvalue weighted by molar-refractivity contribution is -0.136. The third-order valence-electron chi connectivity index (χ3n) is 7.39. The van der Waals surface area contributed by atoms with Crippen molar-refractivity contribution < 1.29 is 14.4 Å². The Bertz CT molecular complexity index is 881. The van der Waals surface area contributed by atoms with Crippen molar-refractivity contribution in [2.24, 2.45) is 5.73 Å². The minimum atomic E-state index is -0.555. The molecule has 0 saturated carbocycles. The number of hydrogen-bond acceptors (Lipinski definition) is 6. The van der Waals surface area contributed by atoms with Crippen molar-refractivity contribution in [2.45, 2.75) is 70.5 Å². The van der Waals surface area contributed by atoms with Gasteiger partial charge in [0.1, 0.15) is 6.04 Å². The van der Waals surface area contributed by atoms with Gasteiger partial charge < -0.3 is 15.5 Å². The molecule has 4 rings (SSSR count). The maximum Gasteiger partial charge on any atom is 0.255 e. The van der Waals surface area contributed by atoms with Crippen LogP contribution in [0.3, 0.4) is 0 Å². The quantitative estimate of drug-likeness (QED) is 0.379. The van der Waals surface area contributed by atoms with Gasteiger partial charge in [0.15, 0.2) is 0 Å². The predicted molar refractivity (Wildman–Crippen MR) is 131 cm³/mol. The normalized spacial score (nSPS) is 21.7. The number of nitrogens with one attached hydrogen (secondary N) is 1. The number of carbonyl (C=O) groups is 3. The molecule has 1 atom stereocenters. The van der Waals surface area contributed by atoms with Gasteiger partial charge >= 0.3 is 0 Å². The topological polar surface area (TPSA) is 99.0 Å². The highest BCUT2D eigenvalue weighted by atomic mass is 16.2. The highest BCUT2D eigenvalue weighted by Gasteiger charge is 2.39. The molecule has 1 unspecified atom stereocenters. The van der Waals surface area contributed by atoms with Crippen LogP contribution in [0.15, 0.2) is 18.2 Å². The number of benzene rings is 1. The number of piperazine rings is 1. The van der Waals surface area contributed by atoms with Gasteiger partial charge in [-0.1, -0.05) is 37.8 Å². The van der Waals surface area contributed by atoms with Crippen LogP contribution in [-0.4, -0.2) is 77.7 Å². The van der Waals surface area contributed by atoms with E-state index in [1.165, 1.54) is 38.6 Å². The average molecular weight is 470 g/mol. The van der Waals surface area contributed by atoms with E-state index in [9.17, 15) is 14.4 Å². The molecule has 3 N–H and O–H groups in total. The van der Waals surface area contributed by atoms with E-state index in [4.69, 9.17) is 5.73 Å². The Morgan fingerprint density at radius 1 is 0.912 bits per heavy atom. The molecule has 186 valence electrons. The second kappa shape index (κ2) is 11.9. The fourth-order valence-electron chi connectivity index (χ4n) is 5.32. The van der Waals surface area contributed by atoms with Crippen LogP contribution in [0.1, 0.15) is 72.9 Å². The van der Waals surface area contributed by atoms with Crippen molar-refractivity contribution in [3.63, 3.8) is 0 Å². The van der Waals surface area contributed by atoms with Gasteiger partial charge in [0.2, 0.25) is 11.8 Å². The number of hydrogen-bond donors (Lipinski definition) is 2. The standard InChI is InChI=1S/C26H39N5O3/c27-11-5-3-1-2-4-6-12-29-13-15-30(16-14-29)18-20-7-8-21-19-31(26(34)22(21)17-20)23-9-10-24(32)28-25(23)33/h7-8,17,23H,1-6,9-16,18-19,27H2,(H,28,32,33). The maximum absolute atomic E-state index is 13.0. The number of nitrogens with two attached hydrogens (primary N) is 1. The molecular formula is C26H39N5O3. The van der Waals surface area contributed by atoms with Gasteiger partial charge in [-0.05, 0) is 49.5 Å². The van der Waals surface area contributed by atoms with Gasteiger partial charge in [0, 0.05) is 51.3 Å². The zero-order valence-electron chi connectivity index (χ0n) is 20.3. The summed E-state index contributed by atoms with van der Waals surface area (Å²) in [6.07, 6.45) is 8.30. The molecule has 34 heavy (non-hydrogen) atoms. The molecule has 3 amide bonds. The second-order valence-corrected chi connectivity index (χ2v) is 9.92. The van der Waals surface area contributed by atoms with Crippen LogP contribution in [0, 0.1) is 0 Å². The Kier molecular flexibility index (Phi) is 8.69. The molecule has 0 aliphatic carbocycles. The second-order valence-electron chi connectivity index (χ2n) is 9.92. The summed E-state index contributed by atoms with van der Waals surface area (Å²) in [4.78, 5) is 43.4. The largest absolute Gasteiger partial charge is 0.330 e. The number of carbonyl (C=O) groups excluding carboxylic acids is 3. The molecule has 8 nitrogen and oxygen atoms in total. The summed E-state index contributed by atoms with van der Waals surface area (Å²) < 4.78 is 0. The fourth-order valence-corrected chi connectivity index (χ4v) is 5.32. The number of fused-ring (bicyclic) bond motifs is 1. The maximum atomic E-state index is 13.0. The van der Waals surface area contributed by atoms with Crippen LogP contribution in [0.2, 0.25) is 0 Å². The fraction of sp³-hybridized carbons (Fsp3) is 0.654. The first-order valence-corrected chi connectivity index (χ1v) is 13.0. The summed E-state index contributed by atoms with van der Waals surface area (Å²) >= 11 is 0. The first-order chi connectivity index (χ1) is 16.5. The molecule has 0 aromatic heterocycles. The van der Waals surface area contributed by atoms with Crippen LogP contribution in [-0.2, 0) is 22.7 Å². The molecule has 0 spiro atoms. The van der Waals surface area contributed by atoms with Gasteiger partial charge in [-0.3, -0.25) is 24.6 Å². The third-order valence-corrected chi connectivity index (χ3v) is 7.39. The van der Waals surface area contributed by atoms with E-state index in [1.54, 1.807) is 4.90 Å². The predicted octanol–water partition coefficient (Wildman–Crippen LogP) is 1.86. The molecule has 3 heterocycles. The third kappa shape index (κ3) is 6.23. The van der Waals surface area contributed by atoms with Gasteiger partial charge in [-0.25, -0.2) is 0 Å². The Hall–Kier alpha value is -2.29. The molecule has 0 radical (unpaired) electrons. The van der Waals surface area contributed by atoms with Crippen molar-refractivity contribution in [1.82, 2.24) is 20.0 Å². The Balaban J connectivity index is 1.21. The molecule has 8 heteroatoms. The molecule has 1 aromatic rings. The minimum Gasteiger partial charge on any atom is -0.330 e. The zero-order chi connectivity index (χ0) is 23.9. The van der Waals surface area contributed by atoms with Crippen LogP contribution < -0.4 is 11.1 Å². The van der Waals surface area contributed by atoms with Crippen molar-refractivity contribution in [3.05, 3.63) is 34.9 Å². The summed E-state index contributed by atoms with van der Waals surface area (Å²) in [5.74, 6) is -0.715. The number of rotatable bonds is 11. The van der Waals surface area contributed by atoms with E-state index in [1.807, 2.05) is 12.1 Å². The van der Waals surface area contributed by atoms with Gasteiger partial charge in [-0.15, -0.1) is 0 Å². The number of nitrogens with zero attached hydrogens (tertiary/aromatic N) is 3. The molecule has 3 aliphatic heterocycles. The summed E-state index contributed by atoms with van der Waals surface area (Å²) in [6.45, 7) is 7.57. The summed E-state index contributed by atoms with van der Waals surface area (Å²) in [6, 6.07) is 5.58. The summed E-state index contributed by atoms with van der Waals surface area (Å²) in [5.41, 5.74) is 8.36. The van der Waals surface area contributed by atoms with Gasteiger partial charge in [0.25, 0.3) is 5.91 Å². The van der Waals surface area contributed by atoms with E-state index >= 15 is 0 Å². The van der Waals surface area contributed by atoms with E-state index in [-0.39, 0.29) is 24.1 Å². The van der Waals surface area contributed by atoms with Crippen LogP contribution in [0.25, 0.3) is 0 Å². The van der Waals surface area contributed by atoms with E-state index in [0.717, 1.165) is 56.8 Å². The highest BCUT2D eigenvalue weighted by Crippen LogP contribution is 2.28. The summed E-state index contributed by atoms with van der Waals surface area (Å²) in [7, 11) is 0. The van der Waals surface area contributed by atoms with Crippen LogP contribution in [0.4, 0.5) is 0 Å².